The van der Waals surface area contributed by atoms with Crippen molar-refractivity contribution in [2.75, 3.05) is 5.32 Å². The molecule has 0 unspecified atom stereocenters. The average molecular weight is 247 g/mol. The summed E-state index contributed by atoms with van der Waals surface area (Å²) in [6, 6.07) is 10.8. The maximum Gasteiger partial charge on any atom is 0.255 e. The Balaban J connectivity index is 2.13. The first-order valence-electron chi connectivity index (χ1n) is 5.16. The number of aromatic nitrogens is 1. The number of carbonyl (C=O) groups excluding carboxylic acids is 1. The third-order valence-corrected chi connectivity index (χ3v) is 2.59. The summed E-state index contributed by atoms with van der Waals surface area (Å²) < 4.78 is 0. The summed E-state index contributed by atoms with van der Waals surface area (Å²) in [7, 11) is 0. The lowest BCUT2D eigenvalue weighted by Crippen LogP contribution is -2.11. The Kier molecular flexibility index (Phi) is 3.73. The zero-order valence-corrected chi connectivity index (χ0v) is 9.82. The van der Waals surface area contributed by atoms with Crippen LogP contribution in [0.25, 0.3) is 0 Å². The zero-order valence-electron chi connectivity index (χ0n) is 9.06. The predicted octanol–water partition coefficient (Wildman–Crippen LogP) is 3.07. The maximum atomic E-state index is 11.8. The Morgan fingerprint density at radius 3 is 2.71 bits per heavy atom. The fourth-order valence-electron chi connectivity index (χ4n) is 1.44. The molecule has 1 heterocycles. The number of carbonyl (C=O) groups is 1. The first-order valence-corrected chi connectivity index (χ1v) is 5.69. The van der Waals surface area contributed by atoms with Crippen LogP contribution in [0, 0.1) is 0 Å². The molecular formula is C13H11ClN2O. The third-order valence-electron chi connectivity index (χ3n) is 2.28. The van der Waals surface area contributed by atoms with Crippen molar-refractivity contribution in [2.24, 2.45) is 0 Å². The zero-order chi connectivity index (χ0) is 12.1. The van der Waals surface area contributed by atoms with Gasteiger partial charge < -0.3 is 5.32 Å². The molecule has 0 aliphatic heterocycles. The van der Waals surface area contributed by atoms with Gasteiger partial charge >= 0.3 is 0 Å². The highest BCUT2D eigenvalue weighted by molar-refractivity contribution is 6.17. The van der Waals surface area contributed by atoms with E-state index >= 15 is 0 Å². The Morgan fingerprint density at radius 1 is 1.24 bits per heavy atom. The normalized spacial score (nSPS) is 9.94. The maximum absolute atomic E-state index is 11.8. The van der Waals surface area contributed by atoms with Crippen LogP contribution in [-0.4, -0.2) is 10.9 Å². The second-order valence-corrected chi connectivity index (χ2v) is 3.79. The molecular weight excluding hydrogens is 236 g/mol. The molecule has 0 bridgehead atoms. The lowest BCUT2D eigenvalue weighted by atomic mass is 10.2. The first kappa shape index (κ1) is 11.6. The number of halogens is 1. The van der Waals surface area contributed by atoms with Gasteiger partial charge in [-0.15, -0.1) is 11.6 Å². The van der Waals surface area contributed by atoms with E-state index in [4.69, 9.17) is 11.6 Å². The van der Waals surface area contributed by atoms with Gasteiger partial charge in [-0.1, -0.05) is 12.1 Å². The molecule has 0 saturated carbocycles. The summed E-state index contributed by atoms with van der Waals surface area (Å²) >= 11 is 5.73. The lowest BCUT2D eigenvalue weighted by Gasteiger charge is -2.06. The van der Waals surface area contributed by atoms with E-state index in [0.29, 0.717) is 11.4 Å². The minimum Gasteiger partial charge on any atom is -0.322 e. The molecule has 4 heteroatoms. The molecule has 1 amide bonds. The molecule has 0 aliphatic rings. The summed E-state index contributed by atoms with van der Waals surface area (Å²) in [5, 5.41) is 2.81. The van der Waals surface area contributed by atoms with Crippen molar-refractivity contribution in [3.8, 4) is 0 Å². The number of hydrogen-bond acceptors (Lipinski definition) is 2. The number of rotatable bonds is 3. The first-order chi connectivity index (χ1) is 8.29. The van der Waals surface area contributed by atoms with Crippen LogP contribution in [0.3, 0.4) is 0 Å². The van der Waals surface area contributed by atoms with Crippen LogP contribution in [-0.2, 0) is 5.88 Å². The molecule has 0 atom stereocenters. The van der Waals surface area contributed by atoms with Crippen LogP contribution in [0.4, 0.5) is 5.69 Å². The summed E-state index contributed by atoms with van der Waals surface area (Å²) in [5.41, 5.74) is 2.29. The molecule has 1 aromatic heterocycles. The van der Waals surface area contributed by atoms with Gasteiger partial charge in [0.2, 0.25) is 0 Å². The molecule has 1 aromatic carbocycles. The summed E-state index contributed by atoms with van der Waals surface area (Å²) in [6.45, 7) is 0. The Labute approximate surface area is 104 Å². The van der Waals surface area contributed by atoms with Gasteiger partial charge in [-0.3, -0.25) is 9.78 Å². The topological polar surface area (TPSA) is 42.0 Å². The fraction of sp³-hybridized carbons (Fsp3) is 0.0769. The number of nitrogens with zero attached hydrogens (tertiary/aromatic N) is 1. The number of nitrogens with one attached hydrogen (secondary N) is 1. The number of alkyl halides is 1. The standard InChI is InChI=1S/C13H11ClN2O/c14-9-10-2-1-3-12(8-10)16-13(17)11-4-6-15-7-5-11/h1-8H,9H2,(H,16,17). The van der Waals surface area contributed by atoms with Crippen LogP contribution < -0.4 is 5.32 Å². The van der Waals surface area contributed by atoms with Gasteiger partial charge in [0.15, 0.2) is 0 Å². The number of amides is 1. The van der Waals surface area contributed by atoms with Crippen molar-refractivity contribution in [3.63, 3.8) is 0 Å². The minimum atomic E-state index is -0.154. The Bertz CT molecular complexity index is 514. The molecule has 0 saturated heterocycles. The van der Waals surface area contributed by atoms with E-state index in [0.717, 1.165) is 11.3 Å². The molecule has 0 spiro atoms. The quantitative estimate of drug-likeness (QED) is 0.846. The van der Waals surface area contributed by atoms with Crippen LogP contribution in [0.15, 0.2) is 48.8 Å². The van der Waals surface area contributed by atoms with Gasteiger partial charge in [0.1, 0.15) is 0 Å². The fourth-order valence-corrected chi connectivity index (χ4v) is 1.60. The highest BCUT2D eigenvalue weighted by atomic mass is 35.5. The van der Waals surface area contributed by atoms with Crippen LogP contribution in [0.2, 0.25) is 0 Å². The number of pyridine rings is 1. The second kappa shape index (κ2) is 5.46. The molecule has 17 heavy (non-hydrogen) atoms. The van der Waals surface area contributed by atoms with Crippen LogP contribution in [0.5, 0.6) is 0 Å². The number of benzene rings is 1. The molecule has 1 N–H and O–H groups in total. The van der Waals surface area contributed by atoms with Gasteiger partial charge in [-0.25, -0.2) is 0 Å². The highest BCUT2D eigenvalue weighted by Gasteiger charge is 2.05. The van der Waals surface area contributed by atoms with Crippen molar-refractivity contribution in [1.29, 1.82) is 0 Å². The second-order valence-electron chi connectivity index (χ2n) is 3.52. The molecule has 86 valence electrons. The molecule has 0 fully saturated rings. The number of anilines is 1. The van der Waals surface area contributed by atoms with E-state index < -0.39 is 0 Å². The van der Waals surface area contributed by atoms with E-state index in [1.54, 1.807) is 24.5 Å². The SMILES string of the molecule is O=C(Nc1cccc(CCl)c1)c1ccncc1. The molecule has 2 rings (SSSR count). The van der Waals surface area contributed by atoms with Crippen molar-refractivity contribution >= 4 is 23.2 Å². The lowest BCUT2D eigenvalue weighted by molar-refractivity contribution is 0.102. The van der Waals surface area contributed by atoms with Gasteiger partial charge in [0, 0.05) is 29.5 Å². The minimum absolute atomic E-state index is 0.154. The smallest absolute Gasteiger partial charge is 0.255 e. The van der Waals surface area contributed by atoms with Gasteiger partial charge in [0.25, 0.3) is 5.91 Å². The van der Waals surface area contributed by atoms with Gasteiger partial charge in [-0.2, -0.15) is 0 Å². The van der Waals surface area contributed by atoms with Crippen LogP contribution >= 0.6 is 11.6 Å². The van der Waals surface area contributed by atoms with Crippen molar-refractivity contribution in [3.05, 3.63) is 59.9 Å². The van der Waals surface area contributed by atoms with E-state index in [-0.39, 0.29) is 5.91 Å². The van der Waals surface area contributed by atoms with Gasteiger partial charge in [-0.05, 0) is 29.8 Å². The predicted molar refractivity (Wildman–Crippen MR) is 68.2 cm³/mol. The Morgan fingerprint density at radius 2 is 2.00 bits per heavy atom. The molecule has 0 radical (unpaired) electrons. The molecule has 2 aromatic rings. The van der Waals surface area contributed by atoms with E-state index in [9.17, 15) is 4.79 Å². The van der Waals surface area contributed by atoms with Crippen LogP contribution in [0.1, 0.15) is 15.9 Å². The van der Waals surface area contributed by atoms with E-state index in [2.05, 4.69) is 10.3 Å². The number of hydrogen-bond donors (Lipinski definition) is 1. The van der Waals surface area contributed by atoms with Crippen molar-refractivity contribution < 1.29 is 4.79 Å². The van der Waals surface area contributed by atoms with Gasteiger partial charge in [0.05, 0.1) is 0 Å². The third kappa shape index (κ3) is 3.04. The van der Waals surface area contributed by atoms with Crippen molar-refractivity contribution in [2.45, 2.75) is 5.88 Å². The monoisotopic (exact) mass is 246 g/mol. The summed E-state index contributed by atoms with van der Waals surface area (Å²) in [4.78, 5) is 15.7. The summed E-state index contributed by atoms with van der Waals surface area (Å²) in [5.74, 6) is 0.276. The largest absolute Gasteiger partial charge is 0.322 e. The Hall–Kier alpha value is -1.87. The van der Waals surface area contributed by atoms with E-state index in [1.165, 1.54) is 0 Å². The highest BCUT2D eigenvalue weighted by Crippen LogP contribution is 2.13. The average Bonchev–Trinajstić information content (AvgIpc) is 2.40. The van der Waals surface area contributed by atoms with Crippen molar-refractivity contribution in [1.82, 2.24) is 4.98 Å². The summed E-state index contributed by atoms with van der Waals surface area (Å²) in [6.07, 6.45) is 3.17. The molecule has 3 nitrogen and oxygen atoms in total. The van der Waals surface area contributed by atoms with E-state index in [1.807, 2.05) is 24.3 Å². The molecule has 0 aliphatic carbocycles.